The van der Waals surface area contributed by atoms with Gasteiger partial charge < -0.3 is 5.11 Å². The van der Waals surface area contributed by atoms with Crippen LogP contribution in [0.5, 0.6) is 0 Å². The number of hydrogen-bond acceptors (Lipinski definition) is 3. The number of aliphatic carboxylic acids is 1. The topological polar surface area (TPSA) is 43.8 Å². The summed E-state index contributed by atoms with van der Waals surface area (Å²) in [5.74, 6) is -0.722. The number of benzene rings is 1. The molecule has 4 nitrogen and oxygen atoms in total. The highest BCUT2D eigenvalue weighted by molar-refractivity contribution is 5.69. The largest absolute Gasteiger partial charge is 0.480 e. The molecule has 4 heteroatoms. The summed E-state index contributed by atoms with van der Waals surface area (Å²) >= 11 is 0. The highest BCUT2D eigenvalue weighted by atomic mass is 16.4. The molecule has 0 atom stereocenters. The number of rotatable bonds is 6. The highest BCUT2D eigenvalue weighted by Crippen LogP contribution is 2.18. The van der Waals surface area contributed by atoms with Gasteiger partial charge in [-0.1, -0.05) is 37.3 Å². The second-order valence-electron chi connectivity index (χ2n) is 5.45. The third kappa shape index (κ3) is 4.32. The Labute approximate surface area is 121 Å². The molecule has 1 aliphatic heterocycles. The molecule has 1 N–H and O–H groups in total. The number of piperidine rings is 1. The first-order valence-corrected chi connectivity index (χ1v) is 7.41. The summed E-state index contributed by atoms with van der Waals surface area (Å²) in [4.78, 5) is 15.3. The van der Waals surface area contributed by atoms with Gasteiger partial charge in [0, 0.05) is 25.7 Å². The van der Waals surface area contributed by atoms with Crippen molar-refractivity contribution in [2.24, 2.45) is 0 Å². The van der Waals surface area contributed by atoms with E-state index in [4.69, 9.17) is 5.11 Å². The lowest BCUT2D eigenvalue weighted by Gasteiger charge is -2.37. The minimum absolute atomic E-state index is 0.178. The molecule has 0 saturated carbocycles. The van der Waals surface area contributed by atoms with E-state index in [9.17, 15) is 4.79 Å². The van der Waals surface area contributed by atoms with Crippen LogP contribution in [0.4, 0.5) is 0 Å². The summed E-state index contributed by atoms with van der Waals surface area (Å²) in [7, 11) is 0. The third-order valence-corrected chi connectivity index (χ3v) is 4.07. The molecule has 0 unspecified atom stereocenters. The van der Waals surface area contributed by atoms with Crippen LogP contribution >= 0.6 is 0 Å². The predicted molar refractivity (Wildman–Crippen MR) is 79.6 cm³/mol. The zero-order chi connectivity index (χ0) is 14.4. The summed E-state index contributed by atoms with van der Waals surface area (Å²) in [5.41, 5.74) is 1.35. The fourth-order valence-corrected chi connectivity index (χ4v) is 2.95. The van der Waals surface area contributed by atoms with Gasteiger partial charge >= 0.3 is 5.97 Å². The molecule has 20 heavy (non-hydrogen) atoms. The van der Waals surface area contributed by atoms with Crippen LogP contribution < -0.4 is 0 Å². The van der Waals surface area contributed by atoms with Crippen LogP contribution in [-0.2, 0) is 11.3 Å². The van der Waals surface area contributed by atoms with E-state index in [2.05, 4.69) is 36.1 Å². The van der Waals surface area contributed by atoms with Gasteiger partial charge in [-0.3, -0.25) is 14.6 Å². The zero-order valence-corrected chi connectivity index (χ0v) is 12.2. The number of likely N-dealkylation sites (tertiary alicyclic amines) is 1. The normalized spacial score (nSPS) is 17.5. The lowest BCUT2D eigenvalue weighted by Crippen LogP contribution is -2.45. The fourth-order valence-electron chi connectivity index (χ4n) is 2.95. The second-order valence-corrected chi connectivity index (χ2v) is 5.45. The van der Waals surface area contributed by atoms with Crippen LogP contribution in [-0.4, -0.2) is 53.1 Å². The Morgan fingerprint density at radius 3 is 2.50 bits per heavy atom. The Kier molecular flexibility index (Phi) is 5.56. The van der Waals surface area contributed by atoms with Gasteiger partial charge in [0.05, 0.1) is 6.54 Å². The van der Waals surface area contributed by atoms with Crippen molar-refractivity contribution in [3.8, 4) is 0 Å². The lowest BCUT2D eigenvalue weighted by atomic mass is 10.0. The van der Waals surface area contributed by atoms with Gasteiger partial charge in [0.15, 0.2) is 0 Å². The molecule has 1 aromatic carbocycles. The van der Waals surface area contributed by atoms with Crippen LogP contribution in [0.3, 0.4) is 0 Å². The van der Waals surface area contributed by atoms with Crippen molar-refractivity contribution in [2.45, 2.75) is 32.4 Å². The average Bonchev–Trinajstić information content (AvgIpc) is 2.46. The third-order valence-electron chi connectivity index (χ3n) is 4.07. The molecule has 0 amide bonds. The number of carboxylic acids is 1. The van der Waals surface area contributed by atoms with Gasteiger partial charge in [-0.05, 0) is 24.9 Å². The van der Waals surface area contributed by atoms with Crippen LogP contribution in [0.2, 0.25) is 0 Å². The Hall–Kier alpha value is -1.39. The molecule has 2 rings (SSSR count). The van der Waals surface area contributed by atoms with E-state index in [0.717, 1.165) is 39.0 Å². The Balaban J connectivity index is 1.85. The van der Waals surface area contributed by atoms with Crippen LogP contribution in [0.25, 0.3) is 0 Å². The van der Waals surface area contributed by atoms with Gasteiger partial charge in [0.1, 0.15) is 0 Å². The molecule has 1 aromatic rings. The van der Waals surface area contributed by atoms with Crippen LogP contribution in [0.15, 0.2) is 30.3 Å². The van der Waals surface area contributed by atoms with E-state index in [1.807, 2.05) is 11.0 Å². The molecule has 0 spiro atoms. The number of carbonyl (C=O) groups is 1. The molecule has 0 bridgehead atoms. The lowest BCUT2D eigenvalue weighted by molar-refractivity contribution is -0.138. The molecule has 0 aromatic heterocycles. The van der Waals surface area contributed by atoms with E-state index >= 15 is 0 Å². The minimum atomic E-state index is -0.722. The molecule has 0 radical (unpaired) electrons. The average molecular weight is 276 g/mol. The summed E-state index contributed by atoms with van der Waals surface area (Å²) < 4.78 is 0. The minimum Gasteiger partial charge on any atom is -0.480 e. The van der Waals surface area contributed by atoms with E-state index in [0.29, 0.717) is 6.04 Å². The Morgan fingerprint density at radius 1 is 1.30 bits per heavy atom. The first kappa shape index (κ1) is 15.0. The van der Waals surface area contributed by atoms with E-state index in [-0.39, 0.29) is 6.54 Å². The van der Waals surface area contributed by atoms with E-state index < -0.39 is 5.97 Å². The maximum Gasteiger partial charge on any atom is 0.317 e. The molecular formula is C16H24N2O2. The van der Waals surface area contributed by atoms with Gasteiger partial charge in [0.25, 0.3) is 0 Å². The molecular weight excluding hydrogens is 252 g/mol. The maximum atomic E-state index is 10.7. The van der Waals surface area contributed by atoms with E-state index in [1.165, 1.54) is 5.56 Å². The molecule has 1 heterocycles. The molecule has 1 aliphatic rings. The fraction of sp³-hybridized carbons (Fsp3) is 0.562. The second kappa shape index (κ2) is 7.41. The summed E-state index contributed by atoms with van der Waals surface area (Å²) in [6.07, 6.45) is 2.13. The number of hydrogen-bond donors (Lipinski definition) is 1. The van der Waals surface area contributed by atoms with Crippen molar-refractivity contribution in [1.82, 2.24) is 9.80 Å². The highest BCUT2D eigenvalue weighted by Gasteiger charge is 2.24. The van der Waals surface area contributed by atoms with Crippen molar-refractivity contribution >= 4 is 5.97 Å². The van der Waals surface area contributed by atoms with Crippen LogP contribution in [0.1, 0.15) is 25.3 Å². The maximum absolute atomic E-state index is 10.7. The Morgan fingerprint density at radius 2 is 1.95 bits per heavy atom. The standard InChI is InChI=1S/C16H24N2O2/c1-2-18(12-14-6-4-3-5-7-14)15-8-10-17(11-9-15)13-16(19)20/h3-7,15H,2,8-13H2,1H3,(H,19,20). The molecule has 1 saturated heterocycles. The van der Waals surface area contributed by atoms with Gasteiger partial charge in [0.2, 0.25) is 0 Å². The van der Waals surface area contributed by atoms with Crippen molar-refractivity contribution < 1.29 is 9.90 Å². The summed E-state index contributed by atoms with van der Waals surface area (Å²) in [6, 6.07) is 11.1. The monoisotopic (exact) mass is 276 g/mol. The van der Waals surface area contributed by atoms with Gasteiger partial charge in [-0.15, -0.1) is 0 Å². The molecule has 110 valence electrons. The molecule has 1 fully saturated rings. The van der Waals surface area contributed by atoms with Crippen molar-refractivity contribution in [2.75, 3.05) is 26.2 Å². The van der Waals surface area contributed by atoms with E-state index in [1.54, 1.807) is 0 Å². The van der Waals surface area contributed by atoms with Crippen molar-refractivity contribution in [3.05, 3.63) is 35.9 Å². The predicted octanol–water partition coefficient (Wildman–Crippen LogP) is 2.06. The van der Waals surface area contributed by atoms with Gasteiger partial charge in [-0.2, -0.15) is 0 Å². The number of nitrogens with zero attached hydrogens (tertiary/aromatic N) is 2. The van der Waals surface area contributed by atoms with Crippen molar-refractivity contribution in [3.63, 3.8) is 0 Å². The van der Waals surface area contributed by atoms with Crippen LogP contribution in [0, 0.1) is 0 Å². The summed E-state index contributed by atoms with van der Waals surface area (Å²) in [6.45, 7) is 6.19. The SMILES string of the molecule is CCN(Cc1ccccc1)C1CCN(CC(=O)O)CC1. The Bertz CT molecular complexity index is 414. The van der Waals surface area contributed by atoms with Gasteiger partial charge in [-0.25, -0.2) is 0 Å². The first-order chi connectivity index (χ1) is 9.69. The molecule has 0 aliphatic carbocycles. The number of carboxylic acid groups (broad SMARTS) is 1. The summed E-state index contributed by atoms with van der Waals surface area (Å²) in [5, 5.41) is 8.83. The first-order valence-electron chi connectivity index (χ1n) is 7.41. The quantitative estimate of drug-likeness (QED) is 0.863. The smallest absolute Gasteiger partial charge is 0.317 e. The van der Waals surface area contributed by atoms with Crippen molar-refractivity contribution in [1.29, 1.82) is 0 Å². The zero-order valence-electron chi connectivity index (χ0n) is 12.2.